The maximum absolute atomic E-state index is 12.8. The van der Waals surface area contributed by atoms with Crippen LogP contribution in [0.15, 0.2) is 12.1 Å². The van der Waals surface area contributed by atoms with E-state index in [9.17, 15) is 13.2 Å². The van der Waals surface area contributed by atoms with E-state index in [0.29, 0.717) is 9.26 Å². The van der Waals surface area contributed by atoms with E-state index >= 15 is 0 Å². The van der Waals surface area contributed by atoms with Gasteiger partial charge in [-0.25, -0.2) is 0 Å². The second-order valence-electron chi connectivity index (χ2n) is 3.42. The van der Waals surface area contributed by atoms with Crippen molar-refractivity contribution in [3.63, 3.8) is 0 Å². The molecule has 0 aliphatic rings. The third-order valence-electron chi connectivity index (χ3n) is 2.19. The van der Waals surface area contributed by atoms with Crippen LogP contribution in [0.2, 0.25) is 0 Å². The van der Waals surface area contributed by atoms with Gasteiger partial charge in [0.05, 0.1) is 17.9 Å². The number of ether oxygens (including phenoxy) is 2. The van der Waals surface area contributed by atoms with Gasteiger partial charge in [-0.05, 0) is 28.7 Å². The lowest BCUT2D eigenvalue weighted by atomic mass is 10.1. The molecule has 1 aromatic carbocycles. The molecule has 0 saturated carbocycles. The molecule has 0 bridgehead atoms. The van der Waals surface area contributed by atoms with Crippen LogP contribution in [0.3, 0.4) is 0 Å². The van der Waals surface area contributed by atoms with E-state index < -0.39 is 11.7 Å². The Labute approximate surface area is 117 Å². The summed E-state index contributed by atoms with van der Waals surface area (Å²) in [6.45, 7) is 0.307. The first-order valence-corrected chi connectivity index (χ1v) is 6.18. The van der Waals surface area contributed by atoms with E-state index in [1.165, 1.54) is 13.2 Å². The van der Waals surface area contributed by atoms with E-state index in [4.69, 9.17) is 9.47 Å². The SMILES string of the molecule is CNc1cc(OCCOC)c(C(F)(F)F)cc1I. The fourth-order valence-electron chi connectivity index (χ4n) is 1.32. The number of halogens is 4. The van der Waals surface area contributed by atoms with E-state index in [1.54, 1.807) is 7.05 Å². The first-order valence-electron chi connectivity index (χ1n) is 5.10. The number of rotatable bonds is 5. The molecule has 0 heterocycles. The number of hydrogen-bond acceptors (Lipinski definition) is 3. The Balaban J connectivity index is 3.10. The monoisotopic (exact) mass is 375 g/mol. The quantitative estimate of drug-likeness (QED) is 0.633. The summed E-state index contributed by atoms with van der Waals surface area (Å²) in [6.07, 6.45) is -4.44. The lowest BCUT2D eigenvalue weighted by Gasteiger charge is -2.16. The molecule has 3 nitrogen and oxygen atoms in total. The van der Waals surface area contributed by atoms with E-state index in [1.807, 2.05) is 22.6 Å². The molecule has 0 radical (unpaired) electrons. The summed E-state index contributed by atoms with van der Waals surface area (Å²) in [4.78, 5) is 0. The molecule has 0 fully saturated rings. The van der Waals surface area contributed by atoms with Crippen LogP contribution >= 0.6 is 22.6 Å². The van der Waals surface area contributed by atoms with Crippen LogP contribution in [-0.4, -0.2) is 27.4 Å². The third-order valence-corrected chi connectivity index (χ3v) is 3.08. The third kappa shape index (κ3) is 3.91. The molecule has 0 saturated heterocycles. The van der Waals surface area contributed by atoms with Crippen molar-refractivity contribution in [1.29, 1.82) is 0 Å². The summed E-state index contributed by atoms with van der Waals surface area (Å²) in [6, 6.07) is 2.41. The molecule has 1 N–H and O–H groups in total. The molecule has 0 atom stereocenters. The van der Waals surface area contributed by atoms with Crippen LogP contribution in [0.4, 0.5) is 18.9 Å². The van der Waals surface area contributed by atoms with Gasteiger partial charge in [-0.2, -0.15) is 13.2 Å². The molecule has 0 aliphatic carbocycles. The van der Waals surface area contributed by atoms with Gasteiger partial charge in [0.1, 0.15) is 12.4 Å². The first kappa shape index (κ1) is 15.4. The molecule has 0 aromatic heterocycles. The van der Waals surface area contributed by atoms with Crippen LogP contribution in [0.25, 0.3) is 0 Å². The highest BCUT2D eigenvalue weighted by Gasteiger charge is 2.35. The Morgan fingerprint density at radius 3 is 2.44 bits per heavy atom. The van der Waals surface area contributed by atoms with Crippen LogP contribution in [0.5, 0.6) is 5.75 Å². The Morgan fingerprint density at radius 1 is 1.28 bits per heavy atom. The second-order valence-corrected chi connectivity index (χ2v) is 4.58. The van der Waals surface area contributed by atoms with Crippen molar-refractivity contribution in [2.75, 3.05) is 32.7 Å². The van der Waals surface area contributed by atoms with Gasteiger partial charge in [-0.15, -0.1) is 0 Å². The average Bonchev–Trinajstić information content (AvgIpc) is 2.29. The van der Waals surface area contributed by atoms with Gasteiger partial charge < -0.3 is 14.8 Å². The molecule has 0 spiro atoms. The molecule has 1 aromatic rings. The molecule has 7 heteroatoms. The molecule has 102 valence electrons. The number of nitrogens with one attached hydrogen (secondary N) is 1. The Hall–Kier alpha value is -0.700. The van der Waals surface area contributed by atoms with Crippen LogP contribution < -0.4 is 10.1 Å². The highest BCUT2D eigenvalue weighted by atomic mass is 127. The molecular formula is C11H13F3INO2. The Kier molecular flexibility index (Phi) is 5.51. The molecule has 18 heavy (non-hydrogen) atoms. The summed E-state index contributed by atoms with van der Waals surface area (Å²) in [5.74, 6) is -0.190. The largest absolute Gasteiger partial charge is 0.490 e. The summed E-state index contributed by atoms with van der Waals surface area (Å²) >= 11 is 1.85. The Morgan fingerprint density at radius 2 is 1.94 bits per heavy atom. The minimum Gasteiger partial charge on any atom is -0.490 e. The van der Waals surface area contributed by atoms with Crippen molar-refractivity contribution in [2.45, 2.75) is 6.18 Å². The van der Waals surface area contributed by atoms with Crippen molar-refractivity contribution in [2.24, 2.45) is 0 Å². The summed E-state index contributed by atoms with van der Waals surface area (Å²) < 4.78 is 48.9. The fourth-order valence-corrected chi connectivity index (χ4v) is 2.06. The first-order chi connectivity index (χ1) is 8.40. The van der Waals surface area contributed by atoms with Gasteiger partial charge in [0, 0.05) is 23.8 Å². The van der Waals surface area contributed by atoms with Crippen molar-refractivity contribution >= 4 is 28.3 Å². The highest BCUT2D eigenvalue weighted by molar-refractivity contribution is 14.1. The number of hydrogen-bond donors (Lipinski definition) is 1. The predicted octanol–water partition coefficient (Wildman–Crippen LogP) is 3.38. The number of methoxy groups -OCH3 is 1. The summed E-state index contributed by atoms with van der Waals surface area (Å²) in [5.41, 5.74) is -0.182. The van der Waals surface area contributed by atoms with Gasteiger partial charge in [0.25, 0.3) is 0 Å². The van der Waals surface area contributed by atoms with Gasteiger partial charge in [0.15, 0.2) is 0 Å². The lowest BCUT2D eigenvalue weighted by Crippen LogP contribution is -2.12. The minimum absolute atomic E-state index is 0.0727. The predicted molar refractivity (Wildman–Crippen MR) is 71.1 cm³/mol. The lowest BCUT2D eigenvalue weighted by molar-refractivity contribution is -0.139. The number of anilines is 1. The molecule has 0 unspecified atom stereocenters. The normalized spacial score (nSPS) is 11.4. The van der Waals surface area contributed by atoms with Crippen LogP contribution in [0.1, 0.15) is 5.56 Å². The average molecular weight is 375 g/mol. The molecule has 1 rings (SSSR count). The zero-order chi connectivity index (χ0) is 13.8. The van der Waals surface area contributed by atoms with Gasteiger partial charge in [-0.3, -0.25) is 0 Å². The molecule has 0 aliphatic heterocycles. The molecule has 0 amide bonds. The van der Waals surface area contributed by atoms with Crippen LogP contribution in [0, 0.1) is 3.57 Å². The van der Waals surface area contributed by atoms with Crippen molar-refractivity contribution in [3.05, 3.63) is 21.3 Å². The van der Waals surface area contributed by atoms with E-state index in [0.717, 1.165) is 6.07 Å². The smallest absolute Gasteiger partial charge is 0.420 e. The zero-order valence-corrected chi connectivity index (χ0v) is 12.1. The fraction of sp³-hybridized carbons (Fsp3) is 0.455. The standard InChI is InChI=1S/C11H13F3INO2/c1-16-9-6-10(18-4-3-17-2)7(5-8(9)15)11(12,13)14/h5-6,16H,3-4H2,1-2H3. The second kappa shape index (κ2) is 6.46. The van der Waals surface area contributed by atoms with E-state index in [-0.39, 0.29) is 19.0 Å². The van der Waals surface area contributed by atoms with E-state index in [2.05, 4.69) is 5.32 Å². The maximum Gasteiger partial charge on any atom is 0.420 e. The van der Waals surface area contributed by atoms with Gasteiger partial charge in [0.2, 0.25) is 0 Å². The Bertz CT molecular complexity index is 410. The van der Waals surface area contributed by atoms with Crippen molar-refractivity contribution in [3.8, 4) is 5.75 Å². The summed E-state index contributed by atoms with van der Waals surface area (Å²) in [7, 11) is 3.10. The van der Waals surface area contributed by atoms with Gasteiger partial charge >= 0.3 is 6.18 Å². The topological polar surface area (TPSA) is 30.5 Å². The van der Waals surface area contributed by atoms with Gasteiger partial charge in [-0.1, -0.05) is 0 Å². The summed E-state index contributed by atoms with van der Waals surface area (Å²) in [5, 5.41) is 2.82. The van der Waals surface area contributed by atoms with Crippen molar-refractivity contribution in [1.82, 2.24) is 0 Å². The highest BCUT2D eigenvalue weighted by Crippen LogP contribution is 2.39. The minimum atomic E-state index is -4.44. The maximum atomic E-state index is 12.8. The van der Waals surface area contributed by atoms with Crippen molar-refractivity contribution < 1.29 is 22.6 Å². The molecular weight excluding hydrogens is 362 g/mol. The van der Waals surface area contributed by atoms with Crippen LogP contribution in [-0.2, 0) is 10.9 Å². The number of alkyl halides is 3. The zero-order valence-electron chi connectivity index (χ0n) is 9.90. The number of benzene rings is 1.